The minimum atomic E-state index is -0.171. The number of nitrogens with one attached hydrogen (secondary N) is 1. The molecule has 0 aliphatic rings. The summed E-state index contributed by atoms with van der Waals surface area (Å²) >= 11 is 5.77. The Balaban J connectivity index is 2.50. The molecular weight excluding hydrogens is 214 g/mol. The van der Waals surface area contributed by atoms with Crippen LogP contribution in [0.4, 0.5) is 5.69 Å². The van der Waals surface area contributed by atoms with Crippen LogP contribution in [0.15, 0.2) is 24.3 Å². The van der Waals surface area contributed by atoms with Crippen LogP contribution in [-0.2, 0) is 4.79 Å². The number of carbonyl (C=O) groups excluding carboxylic acids is 1. The van der Waals surface area contributed by atoms with Gasteiger partial charge in [-0.2, -0.15) is 0 Å². The monoisotopic (exact) mass is 227 g/mol. The molecule has 0 aliphatic heterocycles. The van der Waals surface area contributed by atoms with Gasteiger partial charge in [0.2, 0.25) is 5.91 Å². The van der Waals surface area contributed by atoms with E-state index in [1.807, 2.05) is 36.2 Å². The van der Waals surface area contributed by atoms with E-state index < -0.39 is 0 Å². The van der Waals surface area contributed by atoms with Gasteiger partial charge in [-0.15, -0.1) is 0 Å². The van der Waals surface area contributed by atoms with Gasteiger partial charge >= 0.3 is 0 Å². The van der Waals surface area contributed by atoms with Crippen LogP contribution in [0.25, 0.3) is 0 Å². The lowest BCUT2D eigenvalue weighted by molar-refractivity contribution is -0.120. The molecule has 4 nitrogen and oxygen atoms in total. The molecule has 82 valence electrons. The van der Waals surface area contributed by atoms with Gasteiger partial charge in [0.1, 0.15) is 0 Å². The third-order valence-electron chi connectivity index (χ3n) is 2.10. The van der Waals surface area contributed by atoms with E-state index in [2.05, 4.69) is 5.43 Å². The van der Waals surface area contributed by atoms with Crippen molar-refractivity contribution in [2.45, 2.75) is 6.42 Å². The van der Waals surface area contributed by atoms with Crippen LogP contribution in [0.1, 0.15) is 6.42 Å². The quantitative estimate of drug-likeness (QED) is 0.461. The molecule has 0 unspecified atom stereocenters. The Morgan fingerprint density at radius 1 is 1.47 bits per heavy atom. The number of hydrazine groups is 1. The first-order valence-electron chi connectivity index (χ1n) is 4.59. The van der Waals surface area contributed by atoms with Gasteiger partial charge in [-0.05, 0) is 24.3 Å². The highest BCUT2D eigenvalue weighted by Gasteiger charge is 2.03. The number of hydrogen-bond donors (Lipinski definition) is 2. The van der Waals surface area contributed by atoms with Crippen LogP contribution in [0.5, 0.6) is 0 Å². The Morgan fingerprint density at radius 2 is 2.07 bits per heavy atom. The first-order valence-corrected chi connectivity index (χ1v) is 4.97. The molecule has 1 amide bonds. The molecule has 0 bridgehead atoms. The van der Waals surface area contributed by atoms with Crippen LogP contribution in [0, 0.1) is 0 Å². The van der Waals surface area contributed by atoms with Crippen LogP contribution < -0.4 is 16.2 Å². The summed E-state index contributed by atoms with van der Waals surface area (Å²) in [5, 5.41) is 0.701. The zero-order valence-corrected chi connectivity index (χ0v) is 9.29. The highest BCUT2D eigenvalue weighted by molar-refractivity contribution is 6.30. The Bertz CT molecular complexity index is 326. The number of hydrogen-bond acceptors (Lipinski definition) is 3. The molecule has 1 aromatic carbocycles. The minimum Gasteiger partial charge on any atom is -0.374 e. The third-order valence-corrected chi connectivity index (χ3v) is 2.35. The van der Waals surface area contributed by atoms with Crippen molar-refractivity contribution in [3.8, 4) is 0 Å². The maximum atomic E-state index is 10.9. The number of amides is 1. The van der Waals surface area contributed by atoms with Crippen LogP contribution in [0.2, 0.25) is 5.02 Å². The second-order valence-corrected chi connectivity index (χ2v) is 3.65. The van der Waals surface area contributed by atoms with Gasteiger partial charge in [0.15, 0.2) is 0 Å². The van der Waals surface area contributed by atoms with Gasteiger partial charge in [-0.1, -0.05) is 11.6 Å². The predicted octanol–water partition coefficient (Wildman–Crippen LogP) is 1.16. The standard InChI is InChI=1S/C10H14ClN3O/c1-14(7-6-10(15)13-12)9-4-2-8(11)3-5-9/h2-5H,6-7,12H2,1H3,(H,13,15). The fourth-order valence-electron chi connectivity index (χ4n) is 1.17. The molecule has 1 aromatic rings. The minimum absolute atomic E-state index is 0.171. The molecule has 0 atom stereocenters. The summed E-state index contributed by atoms with van der Waals surface area (Å²) in [5.41, 5.74) is 3.11. The summed E-state index contributed by atoms with van der Waals surface area (Å²) in [4.78, 5) is 12.9. The van der Waals surface area contributed by atoms with Crippen molar-refractivity contribution in [1.29, 1.82) is 0 Å². The van der Waals surface area contributed by atoms with Crippen molar-refractivity contribution < 1.29 is 4.79 Å². The van der Waals surface area contributed by atoms with Crippen molar-refractivity contribution in [3.63, 3.8) is 0 Å². The van der Waals surface area contributed by atoms with Crippen molar-refractivity contribution in [3.05, 3.63) is 29.3 Å². The second-order valence-electron chi connectivity index (χ2n) is 3.22. The fraction of sp³-hybridized carbons (Fsp3) is 0.300. The Kier molecular flexibility index (Phi) is 4.39. The Hall–Kier alpha value is -1.26. The van der Waals surface area contributed by atoms with Crippen LogP contribution in [-0.4, -0.2) is 19.5 Å². The molecule has 0 radical (unpaired) electrons. The zero-order chi connectivity index (χ0) is 11.3. The van der Waals surface area contributed by atoms with Gasteiger partial charge in [-0.25, -0.2) is 5.84 Å². The Labute approximate surface area is 94.0 Å². The first-order chi connectivity index (χ1) is 7.13. The lowest BCUT2D eigenvalue weighted by Crippen LogP contribution is -2.33. The molecule has 0 saturated heterocycles. The largest absolute Gasteiger partial charge is 0.374 e. The van der Waals surface area contributed by atoms with Gasteiger partial charge in [0, 0.05) is 30.7 Å². The van der Waals surface area contributed by atoms with Gasteiger partial charge in [-0.3, -0.25) is 10.2 Å². The third kappa shape index (κ3) is 3.77. The van der Waals surface area contributed by atoms with E-state index in [9.17, 15) is 4.79 Å². The summed E-state index contributed by atoms with van der Waals surface area (Å²) in [6.45, 7) is 0.616. The summed E-state index contributed by atoms with van der Waals surface area (Å²) in [7, 11) is 1.91. The number of anilines is 1. The molecule has 0 fully saturated rings. The second kappa shape index (κ2) is 5.58. The number of carbonyl (C=O) groups is 1. The molecule has 0 heterocycles. The SMILES string of the molecule is CN(CCC(=O)NN)c1ccc(Cl)cc1. The maximum absolute atomic E-state index is 10.9. The molecule has 1 rings (SSSR count). The van der Waals surface area contributed by atoms with Gasteiger partial charge in [0.05, 0.1) is 0 Å². The first kappa shape index (κ1) is 11.8. The molecule has 0 aliphatic carbocycles. The topological polar surface area (TPSA) is 58.4 Å². The van der Waals surface area contributed by atoms with Crippen molar-refractivity contribution in [2.75, 3.05) is 18.5 Å². The van der Waals surface area contributed by atoms with Crippen molar-refractivity contribution in [1.82, 2.24) is 5.43 Å². The maximum Gasteiger partial charge on any atom is 0.235 e. The van der Waals surface area contributed by atoms with E-state index in [0.29, 0.717) is 18.0 Å². The highest BCUT2D eigenvalue weighted by atomic mass is 35.5. The number of rotatable bonds is 4. The summed E-state index contributed by atoms with van der Waals surface area (Å²) in [6, 6.07) is 7.44. The van der Waals surface area contributed by atoms with E-state index in [1.54, 1.807) is 0 Å². The highest BCUT2D eigenvalue weighted by Crippen LogP contribution is 2.16. The fourth-order valence-corrected chi connectivity index (χ4v) is 1.29. The van der Waals surface area contributed by atoms with E-state index in [-0.39, 0.29) is 5.91 Å². The molecule has 0 aromatic heterocycles. The smallest absolute Gasteiger partial charge is 0.235 e. The Morgan fingerprint density at radius 3 is 2.60 bits per heavy atom. The molecular formula is C10H14ClN3O. The predicted molar refractivity (Wildman–Crippen MR) is 61.7 cm³/mol. The van der Waals surface area contributed by atoms with E-state index in [4.69, 9.17) is 17.4 Å². The summed E-state index contributed by atoms with van der Waals surface area (Å²) < 4.78 is 0. The van der Waals surface area contributed by atoms with Gasteiger partial charge in [0.25, 0.3) is 0 Å². The van der Waals surface area contributed by atoms with Crippen molar-refractivity contribution in [2.24, 2.45) is 5.84 Å². The molecule has 15 heavy (non-hydrogen) atoms. The summed E-state index contributed by atoms with van der Waals surface area (Å²) in [5.74, 6) is 4.81. The zero-order valence-electron chi connectivity index (χ0n) is 8.53. The van der Waals surface area contributed by atoms with Crippen LogP contribution >= 0.6 is 11.6 Å². The van der Waals surface area contributed by atoms with E-state index in [0.717, 1.165) is 5.69 Å². The number of benzene rings is 1. The van der Waals surface area contributed by atoms with E-state index >= 15 is 0 Å². The number of nitrogens with two attached hydrogens (primary N) is 1. The molecule has 0 saturated carbocycles. The summed E-state index contributed by atoms with van der Waals surface area (Å²) in [6.07, 6.45) is 0.371. The average molecular weight is 228 g/mol. The molecule has 5 heteroatoms. The van der Waals surface area contributed by atoms with Crippen LogP contribution in [0.3, 0.4) is 0 Å². The average Bonchev–Trinajstić information content (AvgIpc) is 2.26. The normalized spacial score (nSPS) is 9.80. The molecule has 3 N–H and O–H groups in total. The number of nitrogens with zero attached hydrogens (tertiary/aromatic N) is 1. The van der Waals surface area contributed by atoms with Gasteiger partial charge < -0.3 is 4.90 Å². The number of halogens is 1. The van der Waals surface area contributed by atoms with Crippen molar-refractivity contribution >= 4 is 23.2 Å². The lowest BCUT2D eigenvalue weighted by atomic mass is 10.3. The lowest BCUT2D eigenvalue weighted by Gasteiger charge is -2.18. The van der Waals surface area contributed by atoms with E-state index in [1.165, 1.54) is 0 Å². The molecule has 0 spiro atoms.